The minimum absolute atomic E-state index is 0.317. The number of nitrogens with one attached hydrogen (secondary N) is 1. The molecule has 0 saturated carbocycles. The number of nitrogens with zero attached hydrogens (tertiary/aromatic N) is 6. The molecular formula is C23H18FN7O2. The Morgan fingerprint density at radius 1 is 1.06 bits per heavy atom. The Bertz CT molecular complexity index is 1470. The standard InChI is InChI=1S/C23H18FN7O2/c1-14-10-20(28-23(32)15-4-3-5-18(11-15)33-2)31(29-14)22-19-12-27-30(21(19)25-13-26-22)17-8-6-16(24)7-9-17/h3-13H,1-2H3,(H,28,32). The second-order valence-electron chi connectivity index (χ2n) is 7.24. The molecule has 33 heavy (non-hydrogen) atoms. The zero-order chi connectivity index (χ0) is 22.9. The Labute approximate surface area is 187 Å². The maximum absolute atomic E-state index is 13.3. The fourth-order valence-corrected chi connectivity index (χ4v) is 3.47. The summed E-state index contributed by atoms with van der Waals surface area (Å²) in [7, 11) is 1.54. The number of hydrogen-bond donors (Lipinski definition) is 1. The smallest absolute Gasteiger partial charge is 0.256 e. The molecule has 0 radical (unpaired) electrons. The van der Waals surface area contributed by atoms with Gasteiger partial charge >= 0.3 is 0 Å². The number of hydrogen-bond acceptors (Lipinski definition) is 6. The SMILES string of the molecule is COc1cccc(C(=O)Nc2cc(C)nn2-c2ncnc3c2cnn3-c2ccc(F)cc2)c1. The Kier molecular flexibility index (Phi) is 5.02. The van der Waals surface area contributed by atoms with Gasteiger partial charge in [0.25, 0.3) is 5.91 Å². The topological polar surface area (TPSA) is 99.8 Å². The van der Waals surface area contributed by atoms with Crippen molar-refractivity contribution in [2.24, 2.45) is 0 Å². The molecule has 10 heteroatoms. The molecule has 164 valence electrons. The highest BCUT2D eigenvalue weighted by Crippen LogP contribution is 2.25. The predicted molar refractivity (Wildman–Crippen MR) is 119 cm³/mol. The van der Waals surface area contributed by atoms with Gasteiger partial charge in [-0.2, -0.15) is 14.9 Å². The summed E-state index contributed by atoms with van der Waals surface area (Å²) in [5.74, 6) is 0.812. The minimum Gasteiger partial charge on any atom is -0.497 e. The number of rotatable bonds is 5. The first-order chi connectivity index (χ1) is 16.0. The van der Waals surface area contributed by atoms with Gasteiger partial charge in [0, 0.05) is 11.6 Å². The number of aromatic nitrogens is 6. The van der Waals surface area contributed by atoms with Gasteiger partial charge in [-0.3, -0.25) is 4.79 Å². The van der Waals surface area contributed by atoms with Crippen molar-refractivity contribution in [1.29, 1.82) is 0 Å². The summed E-state index contributed by atoms with van der Waals surface area (Å²) in [6, 6.07) is 14.5. The van der Waals surface area contributed by atoms with Crippen molar-refractivity contribution in [2.45, 2.75) is 6.92 Å². The van der Waals surface area contributed by atoms with E-state index in [0.717, 1.165) is 0 Å². The quantitative estimate of drug-likeness (QED) is 0.445. The molecule has 9 nitrogen and oxygen atoms in total. The van der Waals surface area contributed by atoms with E-state index in [2.05, 4.69) is 25.5 Å². The number of carbonyl (C=O) groups excluding carboxylic acids is 1. The molecule has 0 saturated heterocycles. The van der Waals surface area contributed by atoms with E-state index in [1.807, 2.05) is 6.92 Å². The number of ether oxygens (including phenoxy) is 1. The molecule has 0 bridgehead atoms. The fourth-order valence-electron chi connectivity index (χ4n) is 3.47. The average Bonchev–Trinajstić information content (AvgIpc) is 3.43. The van der Waals surface area contributed by atoms with Crippen molar-refractivity contribution in [3.63, 3.8) is 0 Å². The Hall–Kier alpha value is -4.60. The first-order valence-corrected chi connectivity index (χ1v) is 10.0. The van der Waals surface area contributed by atoms with Crippen molar-refractivity contribution < 1.29 is 13.9 Å². The zero-order valence-corrected chi connectivity index (χ0v) is 17.7. The van der Waals surface area contributed by atoms with Gasteiger partial charge in [0.2, 0.25) is 0 Å². The van der Waals surface area contributed by atoms with Crippen LogP contribution in [0.1, 0.15) is 16.1 Å². The normalized spacial score (nSPS) is 11.0. The van der Waals surface area contributed by atoms with Crippen LogP contribution in [-0.4, -0.2) is 42.5 Å². The Balaban J connectivity index is 1.55. The highest BCUT2D eigenvalue weighted by atomic mass is 19.1. The maximum Gasteiger partial charge on any atom is 0.256 e. The van der Waals surface area contributed by atoms with Crippen LogP contribution in [0.15, 0.2) is 67.1 Å². The van der Waals surface area contributed by atoms with Crippen LogP contribution in [0, 0.1) is 12.7 Å². The number of halogens is 1. The minimum atomic E-state index is -0.339. The van der Waals surface area contributed by atoms with E-state index >= 15 is 0 Å². The van der Waals surface area contributed by atoms with Gasteiger partial charge in [-0.25, -0.2) is 19.0 Å². The van der Waals surface area contributed by atoms with Gasteiger partial charge in [0.05, 0.1) is 30.1 Å². The number of carbonyl (C=O) groups is 1. The third-order valence-electron chi connectivity index (χ3n) is 5.02. The van der Waals surface area contributed by atoms with E-state index in [9.17, 15) is 9.18 Å². The molecule has 0 atom stereocenters. The Morgan fingerprint density at radius 2 is 1.88 bits per heavy atom. The predicted octanol–water partition coefficient (Wildman–Crippen LogP) is 3.71. The molecule has 5 rings (SSSR count). The van der Waals surface area contributed by atoms with Crippen LogP contribution >= 0.6 is 0 Å². The van der Waals surface area contributed by atoms with E-state index in [1.165, 1.54) is 23.1 Å². The van der Waals surface area contributed by atoms with Crippen LogP contribution in [0.3, 0.4) is 0 Å². The van der Waals surface area contributed by atoms with Crippen molar-refractivity contribution in [3.8, 4) is 17.3 Å². The van der Waals surface area contributed by atoms with Crippen molar-refractivity contribution in [1.82, 2.24) is 29.5 Å². The second kappa shape index (κ2) is 8.15. The molecule has 0 unspecified atom stereocenters. The highest BCUT2D eigenvalue weighted by Gasteiger charge is 2.18. The maximum atomic E-state index is 13.3. The molecular weight excluding hydrogens is 425 g/mol. The summed E-state index contributed by atoms with van der Waals surface area (Å²) in [6.07, 6.45) is 3.00. The fraction of sp³-hybridized carbons (Fsp3) is 0.0870. The van der Waals surface area contributed by atoms with Crippen LogP contribution in [0.4, 0.5) is 10.2 Å². The lowest BCUT2D eigenvalue weighted by Crippen LogP contribution is -2.16. The third kappa shape index (κ3) is 3.78. The summed E-state index contributed by atoms with van der Waals surface area (Å²) in [5, 5.41) is 12.4. The number of amides is 1. The van der Waals surface area contributed by atoms with Gasteiger partial charge in [0.15, 0.2) is 11.5 Å². The monoisotopic (exact) mass is 443 g/mol. The van der Waals surface area contributed by atoms with Crippen molar-refractivity contribution in [2.75, 3.05) is 12.4 Å². The van der Waals surface area contributed by atoms with E-state index in [4.69, 9.17) is 4.74 Å². The molecule has 1 amide bonds. The number of anilines is 1. The van der Waals surface area contributed by atoms with Crippen LogP contribution in [0.2, 0.25) is 0 Å². The lowest BCUT2D eigenvalue weighted by atomic mass is 10.2. The molecule has 0 aliphatic rings. The van der Waals surface area contributed by atoms with E-state index in [1.54, 1.807) is 60.5 Å². The van der Waals surface area contributed by atoms with Gasteiger partial charge < -0.3 is 10.1 Å². The number of aryl methyl sites for hydroxylation is 1. The molecule has 2 aromatic carbocycles. The van der Waals surface area contributed by atoms with E-state index in [0.29, 0.717) is 45.4 Å². The summed E-state index contributed by atoms with van der Waals surface area (Å²) >= 11 is 0. The number of methoxy groups -OCH3 is 1. The van der Waals surface area contributed by atoms with Crippen molar-refractivity contribution >= 4 is 22.8 Å². The third-order valence-corrected chi connectivity index (χ3v) is 5.02. The molecule has 1 N–H and O–H groups in total. The average molecular weight is 443 g/mol. The van der Waals surface area contributed by atoms with Crippen LogP contribution in [-0.2, 0) is 0 Å². The van der Waals surface area contributed by atoms with Gasteiger partial charge in [-0.15, -0.1) is 0 Å². The molecule has 5 aromatic rings. The summed E-state index contributed by atoms with van der Waals surface area (Å²) < 4.78 is 21.7. The first kappa shape index (κ1) is 20.3. The lowest BCUT2D eigenvalue weighted by Gasteiger charge is -2.10. The molecule has 0 aliphatic heterocycles. The molecule has 3 aromatic heterocycles. The number of fused-ring (bicyclic) bond motifs is 1. The first-order valence-electron chi connectivity index (χ1n) is 10.0. The zero-order valence-electron chi connectivity index (χ0n) is 17.7. The highest BCUT2D eigenvalue weighted by molar-refractivity contribution is 6.04. The molecule has 3 heterocycles. The van der Waals surface area contributed by atoms with Crippen molar-refractivity contribution in [3.05, 3.63) is 84.2 Å². The van der Waals surface area contributed by atoms with Gasteiger partial charge in [-0.05, 0) is 49.4 Å². The van der Waals surface area contributed by atoms with E-state index < -0.39 is 0 Å². The van der Waals surface area contributed by atoms with Crippen LogP contribution in [0.25, 0.3) is 22.5 Å². The van der Waals surface area contributed by atoms with Gasteiger partial charge in [0.1, 0.15) is 23.7 Å². The Morgan fingerprint density at radius 3 is 2.67 bits per heavy atom. The molecule has 0 spiro atoms. The summed E-state index contributed by atoms with van der Waals surface area (Å²) in [4.78, 5) is 21.6. The number of benzene rings is 2. The molecule has 0 aliphatic carbocycles. The lowest BCUT2D eigenvalue weighted by molar-refractivity contribution is 0.102. The molecule has 0 fully saturated rings. The van der Waals surface area contributed by atoms with Gasteiger partial charge in [-0.1, -0.05) is 6.07 Å². The summed E-state index contributed by atoms with van der Waals surface area (Å²) in [6.45, 7) is 1.82. The second-order valence-corrected chi connectivity index (χ2v) is 7.24. The summed E-state index contributed by atoms with van der Waals surface area (Å²) in [5.41, 5.74) is 2.30. The van der Waals surface area contributed by atoms with E-state index in [-0.39, 0.29) is 11.7 Å². The van der Waals surface area contributed by atoms with Crippen LogP contribution in [0.5, 0.6) is 5.75 Å². The van der Waals surface area contributed by atoms with Crippen LogP contribution < -0.4 is 10.1 Å². The largest absolute Gasteiger partial charge is 0.497 e.